The molecule has 0 saturated carbocycles. The molecule has 1 amide bonds. The molecule has 0 heterocycles. The molecule has 0 radical (unpaired) electrons. The Bertz CT molecular complexity index is 813. The summed E-state index contributed by atoms with van der Waals surface area (Å²) in [5.74, 6) is -1.24. The molecule has 2 aromatic rings. The number of hydrogen-bond donors (Lipinski definition) is 2. The highest BCUT2D eigenvalue weighted by Crippen LogP contribution is 2.24. The van der Waals surface area contributed by atoms with E-state index in [2.05, 4.69) is 5.32 Å². The lowest BCUT2D eigenvalue weighted by atomic mass is 10.1. The highest BCUT2D eigenvalue weighted by molar-refractivity contribution is 6.00. The maximum absolute atomic E-state index is 12.1. The normalized spacial score (nSPS) is 10.1. The van der Waals surface area contributed by atoms with Crippen LogP contribution in [0.1, 0.15) is 34.1 Å². The van der Waals surface area contributed by atoms with Gasteiger partial charge in [-0.15, -0.1) is 0 Å². The molecule has 26 heavy (non-hydrogen) atoms. The summed E-state index contributed by atoms with van der Waals surface area (Å²) in [6.07, 6.45) is 0.356. The molecule has 0 aromatic heterocycles. The van der Waals surface area contributed by atoms with Gasteiger partial charge in [0.25, 0.3) is 0 Å². The number of benzene rings is 2. The number of nitrogens with one attached hydrogen (secondary N) is 1. The largest absolute Gasteiger partial charge is 0.507 e. The number of rotatable bonds is 7. The summed E-state index contributed by atoms with van der Waals surface area (Å²) in [6.45, 7) is 1.27. The van der Waals surface area contributed by atoms with E-state index in [1.807, 2.05) is 0 Å². The number of Topliss-reactive ketones (excluding diaryl/α,β-unsaturated/α-hetero) is 1. The van der Waals surface area contributed by atoms with Crippen LogP contribution in [-0.2, 0) is 9.53 Å². The molecule has 0 aliphatic carbocycles. The number of hydrogen-bond acceptors (Lipinski definition) is 6. The van der Waals surface area contributed by atoms with Gasteiger partial charge in [0.2, 0.25) is 5.91 Å². The first-order chi connectivity index (χ1) is 12.4. The minimum absolute atomic E-state index is 0.0591. The number of phenols is 1. The van der Waals surface area contributed by atoms with E-state index >= 15 is 0 Å². The number of esters is 1. The van der Waals surface area contributed by atoms with Crippen molar-refractivity contribution in [2.24, 2.45) is 0 Å². The van der Waals surface area contributed by atoms with Crippen molar-refractivity contribution in [1.29, 1.82) is 0 Å². The lowest BCUT2D eigenvalue weighted by Crippen LogP contribution is -2.15. The van der Waals surface area contributed by atoms with E-state index in [4.69, 9.17) is 9.47 Å². The van der Waals surface area contributed by atoms with Crippen LogP contribution in [0.25, 0.3) is 0 Å². The third-order valence-electron chi connectivity index (χ3n) is 3.57. The van der Waals surface area contributed by atoms with E-state index in [1.54, 1.807) is 19.1 Å². The summed E-state index contributed by atoms with van der Waals surface area (Å²) in [6, 6.07) is 10.4. The van der Waals surface area contributed by atoms with Gasteiger partial charge >= 0.3 is 5.97 Å². The topological polar surface area (TPSA) is 102 Å². The van der Waals surface area contributed by atoms with Gasteiger partial charge in [0.15, 0.2) is 12.4 Å². The predicted octanol–water partition coefficient (Wildman–Crippen LogP) is 2.79. The zero-order valence-electron chi connectivity index (χ0n) is 14.4. The molecule has 2 aromatic carbocycles. The first kappa shape index (κ1) is 19.0. The fourth-order valence-electron chi connectivity index (χ4n) is 2.09. The zero-order valence-corrected chi connectivity index (χ0v) is 14.4. The predicted molar refractivity (Wildman–Crippen MR) is 94.6 cm³/mol. The van der Waals surface area contributed by atoms with Gasteiger partial charge in [-0.25, -0.2) is 4.79 Å². The van der Waals surface area contributed by atoms with E-state index in [0.717, 1.165) is 0 Å². The Balaban J connectivity index is 1.95. The summed E-state index contributed by atoms with van der Waals surface area (Å²) in [4.78, 5) is 35.4. The number of anilines is 1. The molecule has 0 atom stereocenters. The molecule has 0 fully saturated rings. The number of ether oxygens (including phenoxy) is 2. The minimum atomic E-state index is -0.815. The molecule has 0 bridgehead atoms. The van der Waals surface area contributed by atoms with Gasteiger partial charge in [-0.1, -0.05) is 6.92 Å². The van der Waals surface area contributed by atoms with Gasteiger partial charge in [-0.3, -0.25) is 9.59 Å². The van der Waals surface area contributed by atoms with Gasteiger partial charge in [-0.05, 0) is 36.4 Å². The highest BCUT2D eigenvalue weighted by Gasteiger charge is 2.16. The SMILES string of the molecule is CCC(=O)Nc1ccc(C(=O)COC(=O)c2ccc(OC)cc2O)cc1. The maximum atomic E-state index is 12.1. The van der Waals surface area contributed by atoms with Crippen molar-refractivity contribution in [2.75, 3.05) is 19.0 Å². The Hall–Kier alpha value is -3.35. The fraction of sp³-hybridized carbons (Fsp3) is 0.211. The Morgan fingerprint density at radius 3 is 2.35 bits per heavy atom. The molecular weight excluding hydrogens is 338 g/mol. The molecule has 0 aliphatic rings. The first-order valence-electron chi connectivity index (χ1n) is 7.91. The molecule has 0 saturated heterocycles. The van der Waals surface area contributed by atoms with Crippen molar-refractivity contribution in [1.82, 2.24) is 0 Å². The standard InChI is InChI=1S/C19H19NO6/c1-3-18(23)20-13-6-4-12(5-7-13)17(22)11-26-19(24)15-9-8-14(25-2)10-16(15)21/h4-10,21H,3,11H2,1-2H3,(H,20,23). The van der Waals surface area contributed by atoms with Crippen LogP contribution < -0.4 is 10.1 Å². The van der Waals surface area contributed by atoms with Crippen molar-refractivity contribution in [2.45, 2.75) is 13.3 Å². The number of methoxy groups -OCH3 is 1. The third-order valence-corrected chi connectivity index (χ3v) is 3.57. The number of carbonyl (C=O) groups excluding carboxylic acids is 3. The lowest BCUT2D eigenvalue weighted by molar-refractivity contribution is -0.115. The lowest BCUT2D eigenvalue weighted by Gasteiger charge is -2.08. The fourth-order valence-corrected chi connectivity index (χ4v) is 2.09. The van der Waals surface area contributed by atoms with Gasteiger partial charge in [0.1, 0.15) is 17.1 Å². The molecule has 0 unspecified atom stereocenters. The van der Waals surface area contributed by atoms with Crippen LogP contribution in [0.4, 0.5) is 5.69 Å². The summed E-state index contributed by atoms with van der Waals surface area (Å²) in [5.41, 5.74) is 0.857. The van der Waals surface area contributed by atoms with E-state index < -0.39 is 18.4 Å². The second kappa shape index (κ2) is 8.66. The van der Waals surface area contributed by atoms with Crippen LogP contribution in [0.2, 0.25) is 0 Å². The summed E-state index contributed by atoms with van der Waals surface area (Å²) in [7, 11) is 1.43. The quantitative estimate of drug-likeness (QED) is 0.584. The van der Waals surface area contributed by atoms with Crippen molar-refractivity contribution >= 4 is 23.3 Å². The Morgan fingerprint density at radius 1 is 1.08 bits per heavy atom. The molecule has 7 heteroatoms. The van der Waals surface area contributed by atoms with Crippen molar-refractivity contribution in [3.8, 4) is 11.5 Å². The van der Waals surface area contributed by atoms with Gasteiger partial charge in [0.05, 0.1) is 7.11 Å². The van der Waals surface area contributed by atoms with Gasteiger partial charge < -0.3 is 19.9 Å². The number of amides is 1. The second-order valence-electron chi connectivity index (χ2n) is 5.36. The Kier molecular flexibility index (Phi) is 6.32. The van der Waals surface area contributed by atoms with Crippen molar-refractivity contribution in [3.63, 3.8) is 0 Å². The third kappa shape index (κ3) is 4.83. The summed E-state index contributed by atoms with van der Waals surface area (Å²) >= 11 is 0. The summed E-state index contributed by atoms with van der Waals surface area (Å²) in [5, 5.41) is 12.5. The number of aromatic hydroxyl groups is 1. The van der Waals surface area contributed by atoms with Crippen LogP contribution in [0.5, 0.6) is 11.5 Å². The molecule has 2 rings (SSSR count). The molecule has 2 N–H and O–H groups in total. The Morgan fingerprint density at radius 2 is 1.77 bits per heavy atom. The van der Waals surface area contributed by atoms with E-state index in [9.17, 15) is 19.5 Å². The van der Waals surface area contributed by atoms with Crippen LogP contribution in [0.3, 0.4) is 0 Å². The number of carbonyl (C=O) groups is 3. The van der Waals surface area contributed by atoms with Crippen LogP contribution in [0.15, 0.2) is 42.5 Å². The van der Waals surface area contributed by atoms with Gasteiger partial charge in [0, 0.05) is 23.7 Å². The number of phenolic OH excluding ortho intramolecular Hbond substituents is 1. The monoisotopic (exact) mass is 357 g/mol. The van der Waals surface area contributed by atoms with Crippen molar-refractivity contribution < 1.29 is 29.0 Å². The summed E-state index contributed by atoms with van der Waals surface area (Å²) < 4.78 is 9.89. The van der Waals surface area contributed by atoms with Crippen molar-refractivity contribution in [3.05, 3.63) is 53.6 Å². The van der Waals surface area contributed by atoms with E-state index in [-0.39, 0.29) is 17.2 Å². The Labute approximate surface area is 150 Å². The maximum Gasteiger partial charge on any atom is 0.342 e. The molecule has 136 valence electrons. The molecule has 0 aliphatic heterocycles. The van der Waals surface area contributed by atoms with Crippen LogP contribution in [-0.4, -0.2) is 36.5 Å². The number of ketones is 1. The molecular formula is C19H19NO6. The van der Waals surface area contributed by atoms with Crippen LogP contribution in [0, 0.1) is 0 Å². The first-order valence-corrected chi connectivity index (χ1v) is 7.91. The molecule has 0 spiro atoms. The average molecular weight is 357 g/mol. The van der Waals surface area contributed by atoms with E-state index in [0.29, 0.717) is 23.4 Å². The van der Waals surface area contributed by atoms with Gasteiger partial charge in [-0.2, -0.15) is 0 Å². The van der Waals surface area contributed by atoms with Crippen LogP contribution >= 0.6 is 0 Å². The average Bonchev–Trinajstić information content (AvgIpc) is 2.66. The molecule has 7 nitrogen and oxygen atoms in total. The zero-order chi connectivity index (χ0) is 19.1. The highest BCUT2D eigenvalue weighted by atomic mass is 16.5. The van der Waals surface area contributed by atoms with E-state index in [1.165, 1.54) is 37.4 Å². The second-order valence-corrected chi connectivity index (χ2v) is 5.36. The smallest absolute Gasteiger partial charge is 0.342 e. The minimum Gasteiger partial charge on any atom is -0.507 e.